The maximum Gasteiger partial charge on any atom is 0.242 e. The summed E-state index contributed by atoms with van der Waals surface area (Å²) < 4.78 is 30.8. The van der Waals surface area contributed by atoms with E-state index in [1.165, 1.54) is 42.5 Å². The van der Waals surface area contributed by atoms with Crippen LogP contribution < -0.4 is 0 Å². The number of nitrogens with zero attached hydrogens (tertiary/aromatic N) is 1. The molecule has 19 heavy (non-hydrogen) atoms. The fourth-order valence-corrected chi connectivity index (χ4v) is 2.65. The van der Waals surface area contributed by atoms with E-state index in [0.29, 0.717) is 25.3 Å². The molecule has 0 aliphatic carbocycles. The van der Waals surface area contributed by atoms with E-state index in [-0.39, 0.29) is 10.7 Å². The van der Waals surface area contributed by atoms with Gasteiger partial charge in [-0.15, -0.1) is 0 Å². The van der Waals surface area contributed by atoms with Crippen molar-refractivity contribution in [3.63, 3.8) is 0 Å². The SMILES string of the molecule is CCOCCN(C)S(=O)(=O)c1ccc(C(C)=O)cc1. The molecular weight excluding hydrogens is 266 g/mol. The molecule has 0 saturated carbocycles. The molecule has 0 heterocycles. The number of ketones is 1. The Bertz CT molecular complexity index is 522. The number of Topliss-reactive ketones (excluding diaryl/α,β-unsaturated/α-hetero) is 1. The molecule has 0 spiro atoms. The minimum atomic E-state index is -3.52. The summed E-state index contributed by atoms with van der Waals surface area (Å²) in [6.45, 7) is 4.51. The van der Waals surface area contributed by atoms with Crippen molar-refractivity contribution < 1.29 is 17.9 Å². The van der Waals surface area contributed by atoms with Crippen LogP contribution in [-0.4, -0.2) is 45.3 Å². The molecule has 0 amide bonds. The summed E-state index contributed by atoms with van der Waals surface area (Å²) in [7, 11) is -2.01. The number of benzene rings is 1. The lowest BCUT2D eigenvalue weighted by atomic mass is 10.2. The molecule has 1 rings (SSSR count). The van der Waals surface area contributed by atoms with E-state index >= 15 is 0 Å². The third kappa shape index (κ3) is 4.12. The maximum atomic E-state index is 12.2. The number of sulfonamides is 1. The number of hydrogen-bond donors (Lipinski definition) is 0. The predicted molar refractivity (Wildman–Crippen MR) is 72.8 cm³/mol. The number of carbonyl (C=O) groups is 1. The minimum absolute atomic E-state index is 0.0892. The van der Waals surface area contributed by atoms with Crippen LogP contribution in [0.5, 0.6) is 0 Å². The lowest BCUT2D eigenvalue weighted by molar-refractivity contribution is 0.101. The van der Waals surface area contributed by atoms with Crippen LogP contribution in [0, 0.1) is 0 Å². The quantitative estimate of drug-likeness (QED) is 0.563. The molecule has 0 aliphatic heterocycles. The van der Waals surface area contributed by atoms with Crippen molar-refractivity contribution >= 4 is 15.8 Å². The monoisotopic (exact) mass is 285 g/mol. The van der Waals surface area contributed by atoms with Crippen molar-refractivity contribution in [2.75, 3.05) is 26.8 Å². The summed E-state index contributed by atoms with van der Waals surface area (Å²) in [5.74, 6) is -0.0892. The molecule has 5 nitrogen and oxygen atoms in total. The van der Waals surface area contributed by atoms with Crippen LogP contribution in [0.4, 0.5) is 0 Å². The highest BCUT2D eigenvalue weighted by molar-refractivity contribution is 7.89. The smallest absolute Gasteiger partial charge is 0.242 e. The van der Waals surface area contributed by atoms with Gasteiger partial charge >= 0.3 is 0 Å². The highest BCUT2D eigenvalue weighted by atomic mass is 32.2. The van der Waals surface area contributed by atoms with Crippen molar-refractivity contribution in [1.82, 2.24) is 4.31 Å². The van der Waals surface area contributed by atoms with Gasteiger partial charge in [0.1, 0.15) is 0 Å². The molecule has 106 valence electrons. The van der Waals surface area contributed by atoms with Crippen molar-refractivity contribution in [1.29, 1.82) is 0 Å². The Kier molecular flexibility index (Phi) is 5.65. The molecule has 1 aromatic carbocycles. The highest BCUT2D eigenvalue weighted by Gasteiger charge is 2.20. The zero-order valence-electron chi connectivity index (χ0n) is 11.4. The van der Waals surface area contributed by atoms with Crippen molar-refractivity contribution in [2.45, 2.75) is 18.7 Å². The second-order valence-electron chi connectivity index (χ2n) is 4.10. The van der Waals surface area contributed by atoms with Gasteiger partial charge < -0.3 is 4.74 Å². The second kappa shape index (κ2) is 6.79. The summed E-state index contributed by atoms with van der Waals surface area (Å²) in [6.07, 6.45) is 0. The number of ether oxygens (including phenoxy) is 1. The Labute approximate surface area is 114 Å². The molecule has 6 heteroatoms. The molecule has 0 atom stereocenters. The summed E-state index contributed by atoms with van der Waals surface area (Å²) in [6, 6.07) is 5.93. The third-order valence-electron chi connectivity index (χ3n) is 2.72. The van der Waals surface area contributed by atoms with Crippen molar-refractivity contribution in [3.05, 3.63) is 29.8 Å². The van der Waals surface area contributed by atoms with Gasteiger partial charge in [0, 0.05) is 25.8 Å². The average molecular weight is 285 g/mol. The molecule has 0 saturated heterocycles. The topological polar surface area (TPSA) is 63.7 Å². The molecule has 0 bridgehead atoms. The Morgan fingerprint density at radius 1 is 1.26 bits per heavy atom. The van der Waals surface area contributed by atoms with Gasteiger partial charge in [-0.05, 0) is 26.0 Å². The molecule has 0 radical (unpaired) electrons. The van der Waals surface area contributed by atoms with E-state index < -0.39 is 10.0 Å². The predicted octanol–water partition coefficient (Wildman–Crippen LogP) is 1.55. The van der Waals surface area contributed by atoms with Crippen LogP contribution in [-0.2, 0) is 14.8 Å². The number of rotatable bonds is 7. The zero-order valence-corrected chi connectivity index (χ0v) is 12.2. The van der Waals surface area contributed by atoms with Crippen LogP contribution in [0.25, 0.3) is 0 Å². The van der Waals surface area contributed by atoms with E-state index in [0.717, 1.165) is 0 Å². The first-order valence-electron chi connectivity index (χ1n) is 6.04. The summed E-state index contributed by atoms with van der Waals surface area (Å²) in [4.78, 5) is 11.3. The minimum Gasteiger partial charge on any atom is -0.380 e. The maximum absolute atomic E-state index is 12.2. The van der Waals surface area contributed by atoms with Crippen LogP contribution >= 0.6 is 0 Å². The lowest BCUT2D eigenvalue weighted by Gasteiger charge is -2.17. The van der Waals surface area contributed by atoms with E-state index in [1.54, 1.807) is 0 Å². The largest absolute Gasteiger partial charge is 0.380 e. The first-order valence-corrected chi connectivity index (χ1v) is 7.48. The van der Waals surface area contributed by atoms with Gasteiger partial charge in [0.15, 0.2) is 5.78 Å². The molecule has 0 aromatic heterocycles. The summed E-state index contributed by atoms with van der Waals surface area (Å²) >= 11 is 0. The fraction of sp³-hybridized carbons (Fsp3) is 0.462. The Hall–Kier alpha value is -1.24. The van der Waals surface area contributed by atoms with E-state index in [9.17, 15) is 13.2 Å². The average Bonchev–Trinajstić information content (AvgIpc) is 2.39. The van der Waals surface area contributed by atoms with E-state index in [2.05, 4.69) is 0 Å². The molecule has 0 aliphatic rings. The zero-order chi connectivity index (χ0) is 14.5. The van der Waals surface area contributed by atoms with Gasteiger partial charge in [-0.25, -0.2) is 8.42 Å². The normalized spacial score (nSPS) is 11.8. The summed E-state index contributed by atoms with van der Waals surface area (Å²) in [5.41, 5.74) is 0.496. The van der Waals surface area contributed by atoms with Gasteiger partial charge in [-0.2, -0.15) is 4.31 Å². The number of carbonyl (C=O) groups excluding carboxylic acids is 1. The lowest BCUT2D eigenvalue weighted by Crippen LogP contribution is -2.30. The second-order valence-corrected chi connectivity index (χ2v) is 6.15. The van der Waals surface area contributed by atoms with Crippen LogP contribution in [0.15, 0.2) is 29.2 Å². The fourth-order valence-electron chi connectivity index (χ4n) is 1.50. The van der Waals surface area contributed by atoms with Gasteiger partial charge in [0.2, 0.25) is 10.0 Å². The molecule has 0 unspecified atom stereocenters. The van der Waals surface area contributed by atoms with Crippen LogP contribution in [0.3, 0.4) is 0 Å². The van der Waals surface area contributed by atoms with Crippen molar-refractivity contribution in [2.24, 2.45) is 0 Å². The van der Waals surface area contributed by atoms with Crippen LogP contribution in [0.2, 0.25) is 0 Å². The number of likely N-dealkylation sites (N-methyl/N-ethyl adjacent to an activating group) is 1. The van der Waals surface area contributed by atoms with E-state index in [4.69, 9.17) is 4.74 Å². The van der Waals surface area contributed by atoms with Gasteiger partial charge in [-0.1, -0.05) is 12.1 Å². The standard InChI is InChI=1S/C13H19NO4S/c1-4-18-10-9-14(3)19(16,17)13-7-5-12(6-8-13)11(2)15/h5-8H,4,9-10H2,1-3H3. The molecule has 0 N–H and O–H groups in total. The molecule has 1 aromatic rings. The van der Waals surface area contributed by atoms with Crippen molar-refractivity contribution in [3.8, 4) is 0 Å². The van der Waals surface area contributed by atoms with Crippen LogP contribution in [0.1, 0.15) is 24.2 Å². The summed E-state index contributed by atoms with van der Waals surface area (Å²) in [5, 5.41) is 0. The van der Waals surface area contributed by atoms with Gasteiger partial charge in [-0.3, -0.25) is 4.79 Å². The third-order valence-corrected chi connectivity index (χ3v) is 4.59. The Morgan fingerprint density at radius 3 is 2.32 bits per heavy atom. The first-order chi connectivity index (χ1) is 8.89. The van der Waals surface area contributed by atoms with Gasteiger partial charge in [0.05, 0.1) is 11.5 Å². The Balaban J connectivity index is 2.84. The van der Waals surface area contributed by atoms with Gasteiger partial charge in [0.25, 0.3) is 0 Å². The number of hydrogen-bond acceptors (Lipinski definition) is 4. The molecular formula is C13H19NO4S. The van der Waals surface area contributed by atoms with E-state index in [1.807, 2.05) is 6.92 Å². The highest BCUT2D eigenvalue weighted by Crippen LogP contribution is 2.15. The Morgan fingerprint density at radius 2 is 1.84 bits per heavy atom. The molecule has 0 fully saturated rings. The first kappa shape index (κ1) is 15.8.